The number of nitro groups is 1. The van der Waals surface area contributed by atoms with Crippen molar-refractivity contribution < 1.29 is 18.7 Å². The van der Waals surface area contributed by atoms with Crippen molar-refractivity contribution in [3.63, 3.8) is 0 Å². The third kappa shape index (κ3) is 4.04. The van der Waals surface area contributed by atoms with Gasteiger partial charge in [0, 0.05) is 18.4 Å². The quantitative estimate of drug-likeness (QED) is 0.436. The Morgan fingerprint density at radius 1 is 1.37 bits per heavy atom. The van der Waals surface area contributed by atoms with Gasteiger partial charge in [0.25, 0.3) is 0 Å². The number of hydrogen-bond donors (Lipinski definition) is 0. The summed E-state index contributed by atoms with van der Waals surface area (Å²) in [6.07, 6.45) is 0.686. The molecule has 106 valence electrons. The Morgan fingerprint density at radius 2 is 2.05 bits per heavy atom. The zero-order valence-corrected chi connectivity index (χ0v) is 12.2. The molecule has 0 spiro atoms. The van der Waals surface area contributed by atoms with Gasteiger partial charge in [-0.25, -0.2) is 0 Å². The molecule has 0 N–H and O–H groups in total. The molecule has 0 aliphatic carbocycles. The van der Waals surface area contributed by atoms with Gasteiger partial charge >= 0.3 is 5.69 Å². The van der Waals surface area contributed by atoms with Crippen LogP contribution in [0.1, 0.15) is 19.4 Å². The average molecular weight is 287 g/mol. The largest absolute Gasteiger partial charge is 0.490 e. The predicted octanol–water partition coefficient (Wildman–Crippen LogP) is 3.44. The Labute approximate surface area is 112 Å². The predicted molar refractivity (Wildman–Crippen MR) is 73.1 cm³/mol. The summed E-state index contributed by atoms with van der Waals surface area (Å²) in [7, 11) is -1.35. The van der Waals surface area contributed by atoms with Crippen LogP contribution in [0.2, 0.25) is 0 Å². The zero-order chi connectivity index (χ0) is 14.5. The van der Waals surface area contributed by atoms with Crippen molar-refractivity contribution in [3.05, 3.63) is 33.9 Å². The maximum atomic E-state index is 12.4. The molecule has 0 heterocycles. The van der Waals surface area contributed by atoms with Crippen LogP contribution in [0.3, 0.4) is 0 Å². The van der Waals surface area contributed by atoms with E-state index in [2.05, 4.69) is 0 Å². The van der Waals surface area contributed by atoms with Crippen molar-refractivity contribution in [1.29, 1.82) is 0 Å². The van der Waals surface area contributed by atoms with Gasteiger partial charge in [0.05, 0.1) is 18.6 Å². The third-order valence-electron chi connectivity index (χ3n) is 2.71. The first-order chi connectivity index (χ1) is 8.95. The first-order valence-electron chi connectivity index (χ1n) is 5.99. The average Bonchev–Trinajstić information content (AvgIpc) is 2.38. The van der Waals surface area contributed by atoms with Crippen molar-refractivity contribution >= 4 is 13.1 Å². The second-order valence-corrected chi connectivity index (χ2v) is 6.81. The molecule has 1 aromatic carbocycles. The molecule has 0 aliphatic heterocycles. The van der Waals surface area contributed by atoms with Crippen LogP contribution in [-0.2, 0) is 15.3 Å². The molecule has 19 heavy (non-hydrogen) atoms. The topological polar surface area (TPSA) is 78.7 Å². The third-order valence-corrected chi connectivity index (χ3v) is 5.25. The van der Waals surface area contributed by atoms with Gasteiger partial charge in [-0.1, -0.05) is 13.0 Å². The molecule has 1 rings (SSSR count). The lowest BCUT2D eigenvalue weighted by molar-refractivity contribution is -0.385. The number of methoxy groups -OCH3 is 1. The van der Waals surface area contributed by atoms with E-state index in [1.807, 2.05) is 0 Å². The van der Waals surface area contributed by atoms with Gasteiger partial charge in [-0.2, -0.15) is 0 Å². The van der Waals surface area contributed by atoms with E-state index in [0.29, 0.717) is 18.3 Å². The molecule has 0 fully saturated rings. The van der Waals surface area contributed by atoms with Gasteiger partial charge < -0.3 is 9.26 Å². The molecule has 0 aromatic heterocycles. The second kappa shape index (κ2) is 6.68. The Morgan fingerprint density at radius 3 is 2.53 bits per heavy atom. The van der Waals surface area contributed by atoms with Crippen molar-refractivity contribution in [3.8, 4) is 5.75 Å². The fourth-order valence-corrected chi connectivity index (χ4v) is 3.45. The number of nitrogens with zero attached hydrogens (tertiary/aromatic N) is 1. The number of benzene rings is 1. The molecular formula is C12H18NO5P. The van der Waals surface area contributed by atoms with Crippen LogP contribution >= 0.6 is 7.37 Å². The first-order valence-corrected chi connectivity index (χ1v) is 7.99. The van der Waals surface area contributed by atoms with Gasteiger partial charge in [-0.15, -0.1) is 0 Å². The molecule has 0 bridgehead atoms. The van der Waals surface area contributed by atoms with Crippen LogP contribution in [0.15, 0.2) is 18.2 Å². The molecule has 0 aliphatic rings. The summed E-state index contributed by atoms with van der Waals surface area (Å²) in [6.45, 7) is 3.98. The van der Waals surface area contributed by atoms with Crippen LogP contribution in [0.5, 0.6) is 5.75 Å². The van der Waals surface area contributed by atoms with E-state index in [1.165, 1.54) is 13.2 Å². The molecule has 0 saturated heterocycles. The van der Waals surface area contributed by atoms with E-state index in [-0.39, 0.29) is 17.6 Å². The summed E-state index contributed by atoms with van der Waals surface area (Å²) in [4.78, 5) is 10.3. The Kier molecular flexibility index (Phi) is 5.51. The highest BCUT2D eigenvalue weighted by molar-refractivity contribution is 7.58. The lowest BCUT2D eigenvalue weighted by Crippen LogP contribution is -1.99. The Balaban J connectivity index is 3.03. The molecular weight excluding hydrogens is 269 g/mol. The minimum Gasteiger partial charge on any atom is -0.490 e. The van der Waals surface area contributed by atoms with Crippen LogP contribution in [0.25, 0.3) is 0 Å². The van der Waals surface area contributed by atoms with Crippen LogP contribution in [0.4, 0.5) is 5.69 Å². The number of nitro benzene ring substituents is 1. The van der Waals surface area contributed by atoms with Gasteiger partial charge in [0.1, 0.15) is 0 Å². The highest BCUT2D eigenvalue weighted by Gasteiger charge is 2.22. The monoisotopic (exact) mass is 287 g/mol. The SMILES string of the molecule is CCOP(=O)(CC)Cc1ccc([N+](=O)[O-])c(OC)c1. The second-order valence-electron chi connectivity index (χ2n) is 3.97. The Bertz CT molecular complexity index is 503. The highest BCUT2D eigenvalue weighted by atomic mass is 31.2. The molecule has 6 nitrogen and oxygen atoms in total. The summed E-state index contributed by atoms with van der Waals surface area (Å²) >= 11 is 0. The fraction of sp³-hybridized carbons (Fsp3) is 0.500. The smallest absolute Gasteiger partial charge is 0.310 e. The summed E-state index contributed by atoms with van der Waals surface area (Å²) in [5.74, 6) is 0.168. The van der Waals surface area contributed by atoms with Crippen LogP contribution < -0.4 is 4.74 Å². The number of rotatable bonds is 7. The highest BCUT2D eigenvalue weighted by Crippen LogP contribution is 2.50. The van der Waals surface area contributed by atoms with Crippen molar-refractivity contribution in [1.82, 2.24) is 0 Å². The standard InChI is InChI=1S/C12H18NO5P/c1-4-18-19(16,5-2)9-10-6-7-11(13(14)15)12(8-10)17-3/h6-8H,4-5,9H2,1-3H3. The molecule has 0 amide bonds. The molecule has 0 saturated carbocycles. The van der Waals surface area contributed by atoms with Crippen molar-refractivity contribution in [2.24, 2.45) is 0 Å². The van der Waals surface area contributed by atoms with E-state index in [9.17, 15) is 14.7 Å². The van der Waals surface area contributed by atoms with Crippen LogP contribution in [0, 0.1) is 10.1 Å². The summed E-state index contributed by atoms with van der Waals surface area (Å²) in [5, 5.41) is 10.8. The maximum Gasteiger partial charge on any atom is 0.310 e. The Hall–Kier alpha value is -1.39. The zero-order valence-electron chi connectivity index (χ0n) is 11.3. The van der Waals surface area contributed by atoms with Gasteiger partial charge in [0.15, 0.2) is 5.75 Å². The van der Waals surface area contributed by atoms with E-state index in [1.54, 1.807) is 26.0 Å². The van der Waals surface area contributed by atoms with E-state index in [4.69, 9.17) is 9.26 Å². The van der Waals surface area contributed by atoms with Crippen molar-refractivity contribution in [2.45, 2.75) is 20.0 Å². The number of ether oxygens (including phenoxy) is 1. The lowest BCUT2D eigenvalue weighted by Gasteiger charge is -2.16. The molecule has 1 atom stereocenters. The molecule has 1 aromatic rings. The van der Waals surface area contributed by atoms with Gasteiger partial charge in [-0.3, -0.25) is 14.7 Å². The van der Waals surface area contributed by atoms with Crippen LogP contribution in [-0.4, -0.2) is 24.8 Å². The first kappa shape index (κ1) is 15.7. The molecule has 7 heteroatoms. The summed E-state index contributed by atoms with van der Waals surface area (Å²) in [5.41, 5.74) is 0.607. The minimum absolute atomic E-state index is 0.103. The van der Waals surface area contributed by atoms with E-state index in [0.717, 1.165) is 0 Å². The van der Waals surface area contributed by atoms with E-state index < -0.39 is 12.3 Å². The van der Waals surface area contributed by atoms with E-state index >= 15 is 0 Å². The molecule has 0 radical (unpaired) electrons. The fourth-order valence-electron chi connectivity index (χ4n) is 1.73. The summed E-state index contributed by atoms with van der Waals surface area (Å²) in [6, 6.07) is 4.49. The van der Waals surface area contributed by atoms with Crippen molar-refractivity contribution in [2.75, 3.05) is 19.9 Å². The summed E-state index contributed by atoms with van der Waals surface area (Å²) < 4.78 is 22.7. The normalized spacial score (nSPS) is 13.8. The van der Waals surface area contributed by atoms with Gasteiger partial charge in [-0.05, 0) is 18.6 Å². The molecule has 1 unspecified atom stereocenters. The van der Waals surface area contributed by atoms with Gasteiger partial charge in [0.2, 0.25) is 7.37 Å². The maximum absolute atomic E-state index is 12.4. The number of hydrogen-bond acceptors (Lipinski definition) is 5. The minimum atomic E-state index is -2.72. The lowest BCUT2D eigenvalue weighted by atomic mass is 10.2.